The Balaban J connectivity index is 1.34. The SMILES string of the molecule is C=C1[C@@H](c2ccc(O)c(C)c2)O[C@@H](c2ccc(OC)c(O)c2)[C@]12CCC1C(C2)[C@@H](c2ccc(O)c(OC)c2)O[C@H]1c1ccc(O)c(C)c1. The Morgan fingerprint density at radius 1 is 0.646 bits per heavy atom. The summed E-state index contributed by atoms with van der Waals surface area (Å²) in [5.74, 6) is 1.51. The summed E-state index contributed by atoms with van der Waals surface area (Å²) in [6.45, 7) is 8.49. The molecule has 8 nitrogen and oxygen atoms in total. The molecule has 7 atom stereocenters. The molecule has 4 N–H and O–H groups in total. The number of hydrogen-bond acceptors (Lipinski definition) is 8. The molecule has 2 heterocycles. The van der Waals surface area contributed by atoms with Crippen molar-refractivity contribution < 1.29 is 39.4 Å². The Labute approximate surface area is 280 Å². The number of methoxy groups -OCH3 is 2. The van der Waals surface area contributed by atoms with Crippen LogP contribution in [0, 0.1) is 31.1 Å². The molecule has 3 aliphatic rings. The molecule has 0 radical (unpaired) electrons. The smallest absolute Gasteiger partial charge is 0.160 e. The molecule has 4 aromatic carbocycles. The van der Waals surface area contributed by atoms with Crippen LogP contribution in [-0.4, -0.2) is 34.6 Å². The summed E-state index contributed by atoms with van der Waals surface area (Å²) in [4.78, 5) is 0. The maximum atomic E-state index is 10.9. The van der Waals surface area contributed by atoms with Crippen LogP contribution in [0.1, 0.15) is 77.1 Å². The second-order valence-electron chi connectivity index (χ2n) is 13.6. The van der Waals surface area contributed by atoms with E-state index in [1.165, 1.54) is 14.2 Å². The van der Waals surface area contributed by atoms with Crippen LogP contribution in [0.5, 0.6) is 34.5 Å². The number of hydrogen-bond donors (Lipinski definition) is 4. The van der Waals surface area contributed by atoms with Gasteiger partial charge in [0.2, 0.25) is 0 Å². The van der Waals surface area contributed by atoms with E-state index >= 15 is 0 Å². The highest BCUT2D eigenvalue weighted by Crippen LogP contribution is 2.69. The monoisotopic (exact) mass is 650 g/mol. The fourth-order valence-electron chi connectivity index (χ4n) is 8.45. The first kappa shape index (κ1) is 31.9. The number of phenolic OH excluding ortho intramolecular Hbond substituents is 4. The van der Waals surface area contributed by atoms with E-state index in [2.05, 4.69) is 0 Å². The van der Waals surface area contributed by atoms with Gasteiger partial charge >= 0.3 is 0 Å². The molecular formula is C40H42O8. The molecule has 0 bridgehead atoms. The van der Waals surface area contributed by atoms with E-state index in [9.17, 15) is 20.4 Å². The summed E-state index contributed by atoms with van der Waals surface area (Å²) in [6, 6.07) is 22.0. The van der Waals surface area contributed by atoms with Crippen LogP contribution in [0.4, 0.5) is 0 Å². The molecule has 1 spiro atoms. The van der Waals surface area contributed by atoms with E-state index in [1.807, 2.05) is 56.3 Å². The molecule has 2 aliphatic heterocycles. The second kappa shape index (κ2) is 12.1. The molecule has 7 rings (SSSR count). The van der Waals surface area contributed by atoms with Crippen molar-refractivity contribution in [2.24, 2.45) is 17.3 Å². The lowest BCUT2D eigenvalue weighted by Gasteiger charge is -2.45. The summed E-state index contributed by atoms with van der Waals surface area (Å²) >= 11 is 0. The van der Waals surface area contributed by atoms with Gasteiger partial charge in [-0.2, -0.15) is 0 Å². The summed E-state index contributed by atoms with van der Waals surface area (Å²) in [5.41, 5.74) is 5.65. The minimum absolute atomic E-state index is 0.0297. The van der Waals surface area contributed by atoms with E-state index in [0.717, 1.165) is 51.8 Å². The second-order valence-corrected chi connectivity index (χ2v) is 13.6. The summed E-state index contributed by atoms with van der Waals surface area (Å²) in [7, 11) is 3.06. The molecule has 2 saturated heterocycles. The van der Waals surface area contributed by atoms with E-state index in [0.29, 0.717) is 17.9 Å². The van der Waals surface area contributed by atoms with Gasteiger partial charge in [0.05, 0.1) is 32.5 Å². The molecule has 2 unspecified atom stereocenters. The standard InChI is InChI=1S/C40H42O8/c1-21-16-24(6-10-30(21)41)36-23(3)40(39(48-36)27-9-13-34(45-4)33(44)18-27)15-14-28-29(20-40)38(26-8-12-32(43)35(19-26)46-5)47-37(28)25-7-11-31(42)22(2)17-25/h6-13,16-19,28-29,36-39,41-44H,3,14-15,20H2,1-2,4-5H3/t28?,29?,36-,37-,38+,39-,40-/m0/s1. The van der Waals surface area contributed by atoms with Gasteiger partial charge < -0.3 is 39.4 Å². The minimum Gasteiger partial charge on any atom is -0.508 e. The zero-order chi connectivity index (χ0) is 33.9. The highest BCUT2D eigenvalue weighted by atomic mass is 16.5. The number of benzene rings is 4. The molecule has 1 saturated carbocycles. The van der Waals surface area contributed by atoms with Crippen molar-refractivity contribution in [2.45, 2.75) is 57.5 Å². The predicted octanol–water partition coefficient (Wildman–Crippen LogP) is 8.43. The van der Waals surface area contributed by atoms with Crippen molar-refractivity contribution in [3.05, 3.63) is 118 Å². The van der Waals surface area contributed by atoms with Gasteiger partial charge in [0.1, 0.15) is 17.6 Å². The van der Waals surface area contributed by atoms with Crippen molar-refractivity contribution in [3.8, 4) is 34.5 Å². The maximum absolute atomic E-state index is 10.9. The number of aryl methyl sites for hydroxylation is 2. The lowest BCUT2D eigenvalue weighted by Crippen LogP contribution is -2.37. The van der Waals surface area contributed by atoms with Gasteiger partial charge in [-0.1, -0.05) is 30.8 Å². The van der Waals surface area contributed by atoms with Gasteiger partial charge in [-0.05, 0) is 132 Å². The fraction of sp³-hybridized carbons (Fsp3) is 0.350. The van der Waals surface area contributed by atoms with E-state index in [4.69, 9.17) is 25.5 Å². The minimum atomic E-state index is -0.513. The lowest BCUT2D eigenvalue weighted by molar-refractivity contribution is -0.0212. The van der Waals surface area contributed by atoms with Gasteiger partial charge in [-0.25, -0.2) is 0 Å². The van der Waals surface area contributed by atoms with E-state index in [-0.39, 0.29) is 47.0 Å². The first-order chi connectivity index (χ1) is 23.0. The molecule has 3 fully saturated rings. The number of ether oxygens (including phenoxy) is 4. The topological polar surface area (TPSA) is 118 Å². The predicted molar refractivity (Wildman–Crippen MR) is 181 cm³/mol. The van der Waals surface area contributed by atoms with Crippen LogP contribution in [0.3, 0.4) is 0 Å². The number of phenols is 4. The lowest BCUT2D eigenvalue weighted by atomic mass is 9.57. The van der Waals surface area contributed by atoms with Gasteiger partial charge in [0.25, 0.3) is 0 Å². The third-order valence-corrected chi connectivity index (χ3v) is 11.0. The third kappa shape index (κ3) is 5.15. The van der Waals surface area contributed by atoms with E-state index in [1.54, 1.807) is 30.3 Å². The molecule has 4 aromatic rings. The highest BCUT2D eigenvalue weighted by Gasteiger charge is 2.60. The molecule has 0 aromatic heterocycles. The van der Waals surface area contributed by atoms with Crippen molar-refractivity contribution in [3.63, 3.8) is 0 Å². The maximum Gasteiger partial charge on any atom is 0.160 e. The van der Waals surface area contributed by atoms with Gasteiger partial charge in [0.15, 0.2) is 23.0 Å². The van der Waals surface area contributed by atoms with Crippen LogP contribution < -0.4 is 9.47 Å². The molecule has 250 valence electrons. The highest BCUT2D eigenvalue weighted by molar-refractivity contribution is 5.48. The van der Waals surface area contributed by atoms with Crippen LogP contribution >= 0.6 is 0 Å². The Morgan fingerprint density at radius 3 is 1.88 bits per heavy atom. The molecular weight excluding hydrogens is 608 g/mol. The fourth-order valence-corrected chi connectivity index (χ4v) is 8.45. The van der Waals surface area contributed by atoms with Gasteiger partial charge in [0, 0.05) is 5.41 Å². The van der Waals surface area contributed by atoms with Crippen LogP contribution in [0.2, 0.25) is 0 Å². The molecule has 1 aliphatic carbocycles. The van der Waals surface area contributed by atoms with E-state index < -0.39 is 17.6 Å². The summed E-state index contributed by atoms with van der Waals surface area (Å²) in [5, 5.41) is 41.9. The van der Waals surface area contributed by atoms with Gasteiger partial charge in [-0.3, -0.25) is 0 Å². The van der Waals surface area contributed by atoms with Crippen LogP contribution in [0.15, 0.2) is 84.9 Å². The molecule has 0 amide bonds. The Morgan fingerprint density at radius 2 is 1.23 bits per heavy atom. The number of fused-ring (bicyclic) bond motifs is 1. The quantitative estimate of drug-likeness (QED) is 0.154. The van der Waals surface area contributed by atoms with Crippen molar-refractivity contribution in [2.75, 3.05) is 14.2 Å². The molecule has 48 heavy (non-hydrogen) atoms. The van der Waals surface area contributed by atoms with Crippen LogP contribution in [-0.2, 0) is 9.47 Å². The van der Waals surface area contributed by atoms with Crippen molar-refractivity contribution in [1.82, 2.24) is 0 Å². The third-order valence-electron chi connectivity index (χ3n) is 11.0. The zero-order valence-electron chi connectivity index (χ0n) is 27.6. The Bertz CT molecular complexity index is 1880. The summed E-state index contributed by atoms with van der Waals surface area (Å²) in [6.07, 6.45) is 0.902. The average Bonchev–Trinajstić information content (AvgIpc) is 3.59. The first-order valence-electron chi connectivity index (χ1n) is 16.4. The summed E-state index contributed by atoms with van der Waals surface area (Å²) < 4.78 is 24.9. The molecule has 8 heteroatoms. The number of aromatic hydroxyl groups is 4. The van der Waals surface area contributed by atoms with Crippen molar-refractivity contribution >= 4 is 0 Å². The Hall–Kier alpha value is -4.66. The van der Waals surface area contributed by atoms with Crippen molar-refractivity contribution in [1.29, 1.82) is 0 Å². The normalized spacial score (nSPS) is 28.0. The average molecular weight is 651 g/mol. The zero-order valence-corrected chi connectivity index (χ0v) is 27.6. The first-order valence-corrected chi connectivity index (χ1v) is 16.4. The van der Waals surface area contributed by atoms with Crippen LogP contribution in [0.25, 0.3) is 0 Å². The van der Waals surface area contributed by atoms with Gasteiger partial charge in [-0.15, -0.1) is 0 Å². The Kier molecular flexibility index (Phi) is 8.04. The number of rotatable bonds is 6. The largest absolute Gasteiger partial charge is 0.508 e.